The second-order valence-corrected chi connectivity index (χ2v) is 9.18. The summed E-state index contributed by atoms with van der Waals surface area (Å²) in [5.41, 5.74) is 0.468. The van der Waals surface area contributed by atoms with E-state index < -0.39 is 41.8 Å². The van der Waals surface area contributed by atoms with E-state index in [0.717, 1.165) is 18.4 Å². The molecule has 0 spiro atoms. The molecule has 4 rings (SSSR count). The highest BCUT2D eigenvalue weighted by atomic mass is 19.1. The van der Waals surface area contributed by atoms with E-state index in [-0.39, 0.29) is 42.4 Å². The lowest BCUT2D eigenvalue weighted by Gasteiger charge is -2.30. The van der Waals surface area contributed by atoms with Gasteiger partial charge in [-0.15, -0.1) is 0 Å². The number of methoxy groups -OCH3 is 1. The van der Waals surface area contributed by atoms with Crippen molar-refractivity contribution in [3.63, 3.8) is 0 Å². The molecule has 2 aliphatic rings. The molecule has 1 aromatic heterocycles. The number of nitrogens with zero attached hydrogens (tertiary/aromatic N) is 1. The first-order valence-corrected chi connectivity index (χ1v) is 12.0. The summed E-state index contributed by atoms with van der Waals surface area (Å²) in [6.07, 6.45) is 1.48. The van der Waals surface area contributed by atoms with Crippen LogP contribution in [0.1, 0.15) is 35.8 Å². The molecule has 2 fully saturated rings. The maximum atomic E-state index is 13.4. The van der Waals surface area contributed by atoms with Gasteiger partial charge in [0.2, 0.25) is 0 Å². The van der Waals surface area contributed by atoms with Crippen molar-refractivity contribution in [2.24, 2.45) is 11.8 Å². The number of amides is 1. The van der Waals surface area contributed by atoms with Crippen LogP contribution in [0.15, 0.2) is 36.5 Å². The van der Waals surface area contributed by atoms with Crippen molar-refractivity contribution in [2.45, 2.75) is 44.4 Å². The number of rotatable bonds is 7. The third-order valence-corrected chi connectivity index (χ3v) is 6.33. The predicted molar refractivity (Wildman–Crippen MR) is 126 cm³/mol. The van der Waals surface area contributed by atoms with Crippen LogP contribution in [0.3, 0.4) is 0 Å². The monoisotopic (exact) mass is 516 g/mol. The Morgan fingerprint density at radius 1 is 1.19 bits per heavy atom. The van der Waals surface area contributed by atoms with E-state index in [1.807, 2.05) is 0 Å². The van der Waals surface area contributed by atoms with Crippen molar-refractivity contribution in [1.82, 2.24) is 10.3 Å². The van der Waals surface area contributed by atoms with Crippen LogP contribution in [0, 0.1) is 17.7 Å². The normalized spacial score (nSPS) is 24.1. The Morgan fingerprint density at radius 3 is 2.59 bits per heavy atom. The zero-order valence-electron chi connectivity index (χ0n) is 20.5. The van der Waals surface area contributed by atoms with Crippen LogP contribution in [0.2, 0.25) is 0 Å². The SMILES string of the molecule is COc1ccnc(C(=O)N[C@H]2COC[C@H](Cc3ccc(F)cc3)[C@@H](OC(=O)C3CC3)[C@H](C)OC2=O)c1O. The molecule has 10 nitrogen and oxygen atoms in total. The van der Waals surface area contributed by atoms with Crippen molar-refractivity contribution in [2.75, 3.05) is 20.3 Å². The maximum Gasteiger partial charge on any atom is 0.331 e. The Bertz CT molecular complexity index is 1140. The highest BCUT2D eigenvalue weighted by molar-refractivity contribution is 5.98. The molecular formula is C26H29FN2O8. The number of aromatic nitrogens is 1. The first-order chi connectivity index (χ1) is 17.8. The van der Waals surface area contributed by atoms with Crippen LogP contribution in [0.4, 0.5) is 4.39 Å². The molecule has 1 amide bonds. The van der Waals surface area contributed by atoms with E-state index in [4.69, 9.17) is 18.9 Å². The van der Waals surface area contributed by atoms with Gasteiger partial charge in [-0.25, -0.2) is 14.2 Å². The molecule has 1 aromatic carbocycles. The average Bonchev–Trinajstić information content (AvgIpc) is 3.72. The minimum absolute atomic E-state index is 0.0472. The number of aromatic hydroxyl groups is 1. The van der Waals surface area contributed by atoms with E-state index in [0.29, 0.717) is 6.42 Å². The number of hydrogen-bond donors (Lipinski definition) is 2. The van der Waals surface area contributed by atoms with Gasteiger partial charge in [-0.2, -0.15) is 0 Å². The first-order valence-electron chi connectivity index (χ1n) is 12.0. The van der Waals surface area contributed by atoms with E-state index in [1.54, 1.807) is 19.1 Å². The molecule has 198 valence electrons. The van der Waals surface area contributed by atoms with Crippen LogP contribution in [0.5, 0.6) is 11.5 Å². The summed E-state index contributed by atoms with van der Waals surface area (Å²) in [6, 6.07) is 6.12. The number of halogens is 1. The Hall–Kier alpha value is -3.73. The number of esters is 2. The van der Waals surface area contributed by atoms with Crippen LogP contribution in [0.25, 0.3) is 0 Å². The van der Waals surface area contributed by atoms with E-state index in [1.165, 1.54) is 31.5 Å². The third kappa shape index (κ3) is 6.53. The fourth-order valence-electron chi connectivity index (χ4n) is 4.15. The molecule has 0 bridgehead atoms. The molecule has 11 heteroatoms. The molecule has 0 unspecified atom stereocenters. The standard InChI is InChI=1S/C26H29FN2O8/c1-14-23(37-25(32)16-5-6-16)17(11-15-3-7-18(27)8-4-15)12-35-13-19(26(33)36-14)29-24(31)21-22(30)20(34-2)9-10-28-21/h3-4,7-10,14,16-17,19,23,30H,5-6,11-13H2,1-2H3,(H,29,31)/t14-,17-,19-,23-/m0/s1. The fraction of sp³-hybridized carbons (Fsp3) is 0.462. The molecule has 0 radical (unpaired) electrons. The molecule has 2 heterocycles. The van der Waals surface area contributed by atoms with Crippen molar-refractivity contribution in [3.05, 3.63) is 53.6 Å². The Balaban J connectivity index is 1.52. The summed E-state index contributed by atoms with van der Waals surface area (Å²) in [7, 11) is 1.33. The molecule has 1 saturated heterocycles. The molecule has 4 atom stereocenters. The quantitative estimate of drug-likeness (QED) is 0.531. The van der Waals surface area contributed by atoms with Gasteiger partial charge in [-0.05, 0) is 43.9 Å². The summed E-state index contributed by atoms with van der Waals surface area (Å²) in [5.74, 6) is -3.35. The first kappa shape index (κ1) is 26.3. The van der Waals surface area contributed by atoms with Crippen molar-refractivity contribution in [3.8, 4) is 11.5 Å². The molecule has 2 aromatic rings. The number of hydrogen-bond acceptors (Lipinski definition) is 9. The summed E-state index contributed by atoms with van der Waals surface area (Å²) >= 11 is 0. The van der Waals surface area contributed by atoms with E-state index in [2.05, 4.69) is 10.3 Å². The predicted octanol–water partition coefficient (Wildman–Crippen LogP) is 2.18. The lowest BCUT2D eigenvalue weighted by atomic mass is 9.91. The fourth-order valence-corrected chi connectivity index (χ4v) is 4.15. The largest absolute Gasteiger partial charge is 0.503 e. The van der Waals surface area contributed by atoms with Gasteiger partial charge in [0.25, 0.3) is 5.91 Å². The zero-order chi connectivity index (χ0) is 26.5. The minimum Gasteiger partial charge on any atom is -0.503 e. The second kappa shape index (κ2) is 11.5. The van der Waals surface area contributed by atoms with Crippen LogP contribution in [-0.4, -0.2) is 66.5 Å². The van der Waals surface area contributed by atoms with Crippen LogP contribution in [-0.2, 0) is 30.2 Å². The number of carbonyl (C=O) groups is 3. The highest BCUT2D eigenvalue weighted by Gasteiger charge is 2.40. The van der Waals surface area contributed by atoms with E-state index in [9.17, 15) is 23.9 Å². The third-order valence-electron chi connectivity index (χ3n) is 6.33. The molecule has 1 saturated carbocycles. The van der Waals surface area contributed by atoms with Crippen LogP contribution >= 0.6 is 0 Å². The highest BCUT2D eigenvalue weighted by Crippen LogP contribution is 2.33. The summed E-state index contributed by atoms with van der Waals surface area (Å²) in [5, 5.41) is 12.7. The molecule has 2 N–H and O–H groups in total. The zero-order valence-corrected chi connectivity index (χ0v) is 20.5. The average molecular weight is 517 g/mol. The molecule has 1 aliphatic heterocycles. The number of pyridine rings is 1. The topological polar surface area (TPSA) is 133 Å². The Morgan fingerprint density at radius 2 is 1.92 bits per heavy atom. The number of ether oxygens (including phenoxy) is 4. The number of cyclic esters (lactones) is 1. The summed E-state index contributed by atoms with van der Waals surface area (Å²) in [4.78, 5) is 42.2. The smallest absolute Gasteiger partial charge is 0.331 e. The number of carbonyl (C=O) groups excluding carboxylic acids is 3. The van der Waals surface area contributed by atoms with Crippen molar-refractivity contribution >= 4 is 17.8 Å². The molecule has 1 aliphatic carbocycles. The van der Waals surface area contributed by atoms with E-state index >= 15 is 0 Å². The summed E-state index contributed by atoms with van der Waals surface area (Å²) < 4.78 is 35.6. The van der Waals surface area contributed by atoms with Gasteiger partial charge >= 0.3 is 11.9 Å². The van der Waals surface area contributed by atoms with Gasteiger partial charge in [0.1, 0.15) is 18.0 Å². The second-order valence-electron chi connectivity index (χ2n) is 9.18. The summed E-state index contributed by atoms with van der Waals surface area (Å²) in [6.45, 7) is 1.46. The van der Waals surface area contributed by atoms with Gasteiger partial charge in [-0.1, -0.05) is 12.1 Å². The minimum atomic E-state index is -1.22. The van der Waals surface area contributed by atoms with Gasteiger partial charge < -0.3 is 29.4 Å². The van der Waals surface area contributed by atoms with Gasteiger partial charge in [0.05, 0.1) is 26.2 Å². The van der Waals surface area contributed by atoms with Crippen molar-refractivity contribution in [1.29, 1.82) is 0 Å². The van der Waals surface area contributed by atoms with Crippen LogP contribution < -0.4 is 10.1 Å². The number of benzene rings is 1. The molecule has 37 heavy (non-hydrogen) atoms. The Kier molecular flexibility index (Phi) is 8.22. The molecular weight excluding hydrogens is 487 g/mol. The van der Waals surface area contributed by atoms with Gasteiger partial charge in [0.15, 0.2) is 23.2 Å². The maximum absolute atomic E-state index is 13.4. The number of nitrogens with one attached hydrogen (secondary N) is 1. The van der Waals surface area contributed by atoms with Gasteiger partial charge in [0, 0.05) is 18.2 Å². The van der Waals surface area contributed by atoms with Gasteiger partial charge in [-0.3, -0.25) is 9.59 Å². The van der Waals surface area contributed by atoms with Crippen molar-refractivity contribution < 1.29 is 42.8 Å². The lowest BCUT2D eigenvalue weighted by molar-refractivity contribution is -0.172. The Labute approximate surface area is 213 Å². The lowest BCUT2D eigenvalue weighted by Crippen LogP contribution is -2.46.